The van der Waals surface area contributed by atoms with Crippen molar-refractivity contribution in [2.45, 2.75) is 37.6 Å². The number of anilines is 7. The largest absolute Gasteiger partial charge is 0.454 e. The summed E-state index contributed by atoms with van der Waals surface area (Å²) in [7, 11) is 0. The lowest BCUT2D eigenvalue weighted by atomic mass is 9.55. The van der Waals surface area contributed by atoms with E-state index in [4.69, 9.17) is 8.83 Å². The molecule has 83 heavy (non-hydrogen) atoms. The topological polar surface area (TPSA) is 36.0 Å². The van der Waals surface area contributed by atoms with E-state index < -0.39 is 11.0 Å². The molecule has 5 heteroatoms. The second-order valence-electron chi connectivity index (χ2n) is 23.4. The summed E-state index contributed by atoms with van der Waals surface area (Å²) < 4.78 is 13.9. The van der Waals surface area contributed by atoms with E-state index in [1.807, 2.05) is 0 Å². The van der Waals surface area contributed by atoms with Gasteiger partial charge in [-0.05, 0) is 160 Å². The normalized spacial score (nSPS) is 17.0. The Balaban J connectivity index is 0.966. The van der Waals surface area contributed by atoms with Crippen LogP contribution >= 0.6 is 0 Å². The molecule has 0 bridgehead atoms. The quantitative estimate of drug-likeness (QED) is 0.166. The highest BCUT2D eigenvalue weighted by Crippen LogP contribution is 2.72. The van der Waals surface area contributed by atoms with E-state index in [-0.39, 0.29) is 5.92 Å². The molecule has 0 fully saturated rings. The number of rotatable bonds is 6. The summed E-state index contributed by atoms with van der Waals surface area (Å²) >= 11 is 0. The molecule has 5 nitrogen and oxygen atoms in total. The van der Waals surface area contributed by atoms with Crippen LogP contribution in [0.4, 0.5) is 39.8 Å². The maximum absolute atomic E-state index is 7.03. The van der Waals surface area contributed by atoms with E-state index in [2.05, 4.69) is 296 Å². The van der Waals surface area contributed by atoms with E-state index in [9.17, 15) is 0 Å². The first kappa shape index (κ1) is 46.4. The van der Waals surface area contributed by atoms with Gasteiger partial charge in [-0.25, -0.2) is 0 Å². The van der Waals surface area contributed by atoms with Crippen LogP contribution in [0.1, 0.15) is 46.2 Å². The Kier molecular flexibility index (Phi) is 9.42. The summed E-state index contributed by atoms with van der Waals surface area (Å²) in [6.07, 6.45) is 5.18. The number of fused-ring (bicyclic) bond motifs is 22. The zero-order chi connectivity index (χ0) is 54.9. The molecular formula is C78H53N3O2. The van der Waals surface area contributed by atoms with E-state index >= 15 is 0 Å². The van der Waals surface area contributed by atoms with Crippen LogP contribution in [0.2, 0.25) is 0 Å². The number of benzene rings is 12. The Morgan fingerprint density at radius 1 is 0.410 bits per heavy atom. The Hall–Kier alpha value is -10.4. The van der Waals surface area contributed by atoms with Gasteiger partial charge in [-0.2, -0.15) is 0 Å². The molecule has 1 spiro atoms. The van der Waals surface area contributed by atoms with E-state index in [1.54, 1.807) is 0 Å². The van der Waals surface area contributed by atoms with Crippen LogP contribution in [0.15, 0.2) is 281 Å². The summed E-state index contributed by atoms with van der Waals surface area (Å²) in [5.41, 5.74) is 22.2. The molecule has 0 saturated heterocycles. The Labute approximate surface area is 480 Å². The average Bonchev–Trinajstić information content (AvgIpc) is 1.65. The maximum Gasteiger partial charge on any atom is 0.159 e. The van der Waals surface area contributed by atoms with Gasteiger partial charge in [0.05, 0.1) is 22.3 Å². The van der Waals surface area contributed by atoms with Gasteiger partial charge >= 0.3 is 0 Å². The minimum absolute atomic E-state index is 0.171. The van der Waals surface area contributed by atoms with Gasteiger partial charge in [0.2, 0.25) is 0 Å². The summed E-state index contributed by atoms with van der Waals surface area (Å²) in [5.74, 6) is -0.171. The van der Waals surface area contributed by atoms with Crippen LogP contribution in [0.25, 0.3) is 76.5 Å². The smallest absolute Gasteiger partial charge is 0.159 e. The fourth-order valence-electron chi connectivity index (χ4n) is 15.5. The Morgan fingerprint density at radius 3 is 1.51 bits per heavy atom. The zero-order valence-electron chi connectivity index (χ0n) is 46.1. The highest BCUT2D eigenvalue weighted by atomic mass is 16.3. The predicted molar refractivity (Wildman–Crippen MR) is 343 cm³/mol. The third kappa shape index (κ3) is 6.15. The van der Waals surface area contributed by atoms with Crippen molar-refractivity contribution in [3.8, 4) is 11.1 Å². The van der Waals surface area contributed by atoms with Gasteiger partial charge in [0, 0.05) is 61.6 Å². The molecule has 0 saturated carbocycles. The number of aryl methyl sites for hydroxylation is 2. The van der Waals surface area contributed by atoms with Gasteiger partial charge in [-0.3, -0.25) is 0 Å². The highest BCUT2D eigenvalue weighted by molar-refractivity contribution is 6.15. The molecule has 392 valence electrons. The van der Waals surface area contributed by atoms with Crippen molar-refractivity contribution >= 4 is 105 Å². The average molecular weight is 1060 g/mol. The highest BCUT2D eigenvalue weighted by Gasteiger charge is 2.65. The number of furan rings is 2. The van der Waals surface area contributed by atoms with E-state index in [0.29, 0.717) is 0 Å². The lowest BCUT2D eigenvalue weighted by Gasteiger charge is -2.56. The van der Waals surface area contributed by atoms with Crippen molar-refractivity contribution in [2.24, 2.45) is 0 Å². The van der Waals surface area contributed by atoms with Gasteiger partial charge in [0.25, 0.3) is 0 Å². The van der Waals surface area contributed by atoms with E-state index in [1.165, 1.54) is 83.0 Å². The third-order valence-corrected chi connectivity index (χ3v) is 19.1. The minimum atomic E-state index is -0.738. The van der Waals surface area contributed by atoms with Gasteiger partial charge in [-0.1, -0.05) is 193 Å². The van der Waals surface area contributed by atoms with Crippen molar-refractivity contribution in [1.82, 2.24) is 0 Å². The monoisotopic (exact) mass is 1060 g/mol. The van der Waals surface area contributed by atoms with Crippen LogP contribution < -0.4 is 14.7 Å². The van der Waals surface area contributed by atoms with Gasteiger partial charge in [0.1, 0.15) is 11.2 Å². The summed E-state index contributed by atoms with van der Waals surface area (Å²) in [6, 6.07) is 92.2. The molecule has 0 amide bonds. The number of hydrogen-bond acceptors (Lipinski definition) is 5. The van der Waals surface area contributed by atoms with Crippen molar-refractivity contribution in [3.63, 3.8) is 0 Å². The molecule has 4 heterocycles. The van der Waals surface area contributed by atoms with Crippen LogP contribution in [0.5, 0.6) is 0 Å². The first-order valence-corrected chi connectivity index (χ1v) is 28.9. The fourth-order valence-corrected chi connectivity index (χ4v) is 15.5. The minimum Gasteiger partial charge on any atom is -0.454 e. The Bertz CT molecular complexity index is 5090. The summed E-state index contributed by atoms with van der Waals surface area (Å²) in [4.78, 5) is 7.60. The van der Waals surface area contributed by atoms with Crippen LogP contribution in [-0.4, -0.2) is 5.54 Å². The van der Waals surface area contributed by atoms with Gasteiger partial charge in [-0.15, -0.1) is 0 Å². The van der Waals surface area contributed by atoms with Crippen molar-refractivity contribution in [2.75, 3.05) is 14.7 Å². The number of hydrogen-bond donors (Lipinski definition) is 0. The molecule has 2 atom stereocenters. The molecule has 4 aliphatic rings. The molecule has 0 radical (unpaired) electrons. The lowest BCUT2D eigenvalue weighted by molar-refractivity contribution is 0.437. The molecule has 14 aromatic rings. The first-order valence-electron chi connectivity index (χ1n) is 28.9. The molecule has 12 aromatic carbocycles. The van der Waals surface area contributed by atoms with E-state index in [0.717, 1.165) is 78.0 Å². The van der Waals surface area contributed by atoms with Crippen molar-refractivity contribution in [3.05, 3.63) is 306 Å². The number of nitrogens with zero attached hydrogens (tertiary/aromatic N) is 3. The number of para-hydroxylation sites is 5. The second kappa shape index (κ2) is 16.9. The van der Waals surface area contributed by atoms with Crippen LogP contribution in [0, 0.1) is 13.8 Å². The Morgan fingerprint density at radius 2 is 0.904 bits per heavy atom. The SMILES string of the molecule is Cc1ccc(N(C2=CC3c4cc(N(c5ccc(C)cc5)c5cccc6c5oc5ccccc56)ccc4N4c5ccccc5C5(C(=C2)C34C)c2ccc3ccccc3c2-c2c5ccc3ccccc23)c2cccc3c2oc2ccccc23)cc1. The number of allylic oxidation sites excluding steroid dienone is 1. The zero-order valence-corrected chi connectivity index (χ0v) is 46.1. The van der Waals surface area contributed by atoms with Crippen molar-refractivity contribution in [1.29, 1.82) is 0 Å². The molecule has 2 aromatic heterocycles. The summed E-state index contributed by atoms with van der Waals surface area (Å²) in [6.45, 7) is 6.86. The molecule has 0 N–H and O–H groups in total. The third-order valence-electron chi connectivity index (χ3n) is 19.1. The molecule has 2 aliphatic carbocycles. The van der Waals surface area contributed by atoms with Gasteiger partial charge < -0.3 is 23.5 Å². The molecule has 18 rings (SSSR count). The molecule has 2 unspecified atom stereocenters. The van der Waals surface area contributed by atoms with Gasteiger partial charge in [0.15, 0.2) is 11.2 Å². The van der Waals surface area contributed by atoms with Crippen molar-refractivity contribution < 1.29 is 8.83 Å². The van der Waals surface area contributed by atoms with Crippen LogP contribution in [0.3, 0.4) is 0 Å². The lowest BCUT2D eigenvalue weighted by Crippen LogP contribution is -2.57. The predicted octanol–water partition coefficient (Wildman–Crippen LogP) is 20.9. The maximum atomic E-state index is 7.03. The fraction of sp³-hybridized carbons (Fsp3) is 0.0769. The first-order chi connectivity index (χ1) is 40.9. The summed E-state index contributed by atoms with van der Waals surface area (Å²) in [5, 5.41) is 9.37. The second-order valence-corrected chi connectivity index (χ2v) is 23.4. The molecule has 2 aliphatic heterocycles. The standard InChI is InChI=1S/C78H53N3O2/c1-47-30-36-51(37-31-47)79(68-26-14-22-59-57-20-8-12-28-70(57)82-75(59)68)53-40-43-66-61(44-53)65-45-54(80(52-38-32-48(2)33-39-52)69-27-15-23-60-58-21-9-13-29-71(58)83-76(60)69)46-72-77(65,3)81(66)67-25-11-10-24-62(67)78(72)63-41-34-49-16-4-6-18-55(49)73(63)74-56-19-7-5-17-50(56)35-42-64(74)78/h4-46,65H,1-3H3. The molecular weight excluding hydrogens is 1010 g/mol. The van der Waals surface area contributed by atoms with Crippen LogP contribution in [-0.2, 0) is 5.41 Å².